The Kier molecular flexibility index (Phi) is 8.37. The number of ether oxygens (including phenoxy) is 2. The Labute approximate surface area is 233 Å². The third-order valence-electron chi connectivity index (χ3n) is 5.74. The van der Waals surface area contributed by atoms with Crippen molar-refractivity contribution < 1.29 is 14.3 Å². The van der Waals surface area contributed by atoms with Gasteiger partial charge in [0.25, 0.3) is 0 Å². The Hall–Kier alpha value is -4.15. The summed E-state index contributed by atoms with van der Waals surface area (Å²) in [4.78, 5) is 46.8. The quantitative estimate of drug-likeness (QED) is 0.223. The van der Waals surface area contributed by atoms with Crippen LogP contribution >= 0.6 is 23.2 Å². The van der Waals surface area contributed by atoms with E-state index in [1.807, 2.05) is 0 Å². The number of benzene rings is 2. The molecule has 0 aliphatic carbocycles. The Morgan fingerprint density at radius 2 is 1.67 bits per heavy atom. The van der Waals surface area contributed by atoms with Crippen molar-refractivity contribution in [2.75, 3.05) is 12.4 Å². The van der Waals surface area contributed by atoms with Gasteiger partial charge < -0.3 is 14.8 Å². The zero-order chi connectivity index (χ0) is 28.2. The second-order valence-electron chi connectivity index (χ2n) is 9.24. The highest BCUT2D eigenvalue weighted by atomic mass is 35.5. The van der Waals surface area contributed by atoms with E-state index in [2.05, 4.69) is 15.3 Å². The van der Waals surface area contributed by atoms with Gasteiger partial charge in [0.05, 0.1) is 19.1 Å². The number of esters is 1. The smallest absolute Gasteiger partial charge is 0.354 e. The van der Waals surface area contributed by atoms with Gasteiger partial charge in [-0.05, 0) is 61.9 Å². The van der Waals surface area contributed by atoms with Gasteiger partial charge in [0, 0.05) is 29.5 Å². The molecule has 0 aliphatic rings. The van der Waals surface area contributed by atoms with Crippen LogP contribution in [0.25, 0.3) is 0 Å². The Balaban J connectivity index is 1.68. The number of aromatic nitrogens is 4. The summed E-state index contributed by atoms with van der Waals surface area (Å²) in [7, 11) is 1.25. The number of nitrogens with zero attached hydrogens (tertiary/aromatic N) is 4. The van der Waals surface area contributed by atoms with E-state index in [-0.39, 0.29) is 19.0 Å². The second-order valence-corrected chi connectivity index (χ2v) is 10.1. The van der Waals surface area contributed by atoms with Gasteiger partial charge in [0.15, 0.2) is 0 Å². The second kappa shape index (κ2) is 11.7. The molecule has 2 heterocycles. The highest BCUT2D eigenvalue weighted by Crippen LogP contribution is 2.25. The first-order valence-corrected chi connectivity index (χ1v) is 12.5. The lowest BCUT2D eigenvalue weighted by Gasteiger charge is -2.23. The van der Waals surface area contributed by atoms with Crippen molar-refractivity contribution in [3.63, 3.8) is 0 Å². The summed E-state index contributed by atoms with van der Waals surface area (Å²) in [5.74, 6) is 0.528. The first-order valence-electron chi connectivity index (χ1n) is 11.8. The van der Waals surface area contributed by atoms with Crippen LogP contribution in [0, 0.1) is 5.41 Å². The number of rotatable bonds is 9. The number of anilines is 2. The summed E-state index contributed by atoms with van der Waals surface area (Å²) in [6.45, 7) is 3.05. The van der Waals surface area contributed by atoms with Crippen molar-refractivity contribution in [3.8, 4) is 11.5 Å². The molecule has 0 saturated carbocycles. The van der Waals surface area contributed by atoms with Crippen LogP contribution in [-0.4, -0.2) is 32.2 Å². The molecule has 4 aromatic rings. The number of pyridine rings is 1. The molecular weight excluding hydrogens is 545 g/mol. The molecule has 2 aromatic carbocycles. The topological polar surface area (TPSA) is 117 Å². The van der Waals surface area contributed by atoms with Crippen molar-refractivity contribution in [2.24, 2.45) is 5.41 Å². The Morgan fingerprint density at radius 1 is 0.974 bits per heavy atom. The molecule has 202 valence electrons. The normalized spacial score (nSPS) is 11.2. The van der Waals surface area contributed by atoms with Crippen molar-refractivity contribution in [1.29, 1.82) is 0 Å². The van der Waals surface area contributed by atoms with Crippen LogP contribution < -0.4 is 21.4 Å². The van der Waals surface area contributed by atoms with Crippen LogP contribution in [0.1, 0.15) is 19.4 Å². The van der Waals surface area contributed by atoms with Crippen molar-refractivity contribution in [1.82, 2.24) is 19.1 Å². The summed E-state index contributed by atoms with van der Waals surface area (Å²) >= 11 is 11.9. The molecule has 4 rings (SSSR count). The van der Waals surface area contributed by atoms with Crippen molar-refractivity contribution in [2.45, 2.75) is 26.9 Å². The molecule has 0 amide bonds. The SMILES string of the molecule is COC(=O)C(C)(C)Cn1c(=O)nc(Nc2ccc(Oc3ccnc(Cl)c3)cc2)n(Cc2ccc(Cl)cc2)c1=O. The van der Waals surface area contributed by atoms with E-state index in [0.29, 0.717) is 27.4 Å². The summed E-state index contributed by atoms with van der Waals surface area (Å²) in [5.41, 5.74) is -1.27. The van der Waals surface area contributed by atoms with Crippen molar-refractivity contribution in [3.05, 3.63) is 104 Å². The lowest BCUT2D eigenvalue weighted by molar-refractivity contribution is -0.151. The zero-order valence-corrected chi connectivity index (χ0v) is 22.9. The zero-order valence-electron chi connectivity index (χ0n) is 21.4. The largest absolute Gasteiger partial charge is 0.469 e. The summed E-state index contributed by atoms with van der Waals surface area (Å²) in [6.07, 6.45) is 1.54. The third-order valence-corrected chi connectivity index (χ3v) is 6.20. The number of carbonyl (C=O) groups excluding carboxylic acids is 1. The molecule has 0 unspecified atom stereocenters. The van der Waals surface area contributed by atoms with Gasteiger partial charge >= 0.3 is 17.3 Å². The molecule has 0 aliphatic heterocycles. The van der Waals surface area contributed by atoms with Gasteiger partial charge in [0.2, 0.25) is 5.95 Å². The van der Waals surface area contributed by atoms with E-state index in [9.17, 15) is 14.4 Å². The minimum absolute atomic E-state index is 0.0293. The van der Waals surface area contributed by atoms with E-state index in [1.165, 1.54) is 17.9 Å². The molecule has 12 heteroatoms. The van der Waals surface area contributed by atoms with E-state index < -0.39 is 22.8 Å². The van der Waals surface area contributed by atoms with Crippen LogP contribution in [0.2, 0.25) is 10.2 Å². The number of carbonyl (C=O) groups is 1. The van der Waals surface area contributed by atoms with Crippen LogP contribution in [0.4, 0.5) is 11.6 Å². The number of nitrogens with one attached hydrogen (secondary N) is 1. The minimum Gasteiger partial charge on any atom is -0.469 e. The molecule has 1 N–H and O–H groups in total. The van der Waals surface area contributed by atoms with Crippen molar-refractivity contribution >= 4 is 40.8 Å². The van der Waals surface area contributed by atoms with E-state index >= 15 is 0 Å². The molecule has 2 aromatic heterocycles. The summed E-state index contributed by atoms with van der Waals surface area (Å²) in [5, 5.41) is 3.90. The van der Waals surface area contributed by atoms with Crippen LogP contribution in [0.15, 0.2) is 76.4 Å². The Morgan fingerprint density at radius 3 is 2.31 bits per heavy atom. The number of halogens is 2. The van der Waals surface area contributed by atoms with Crippen LogP contribution in [-0.2, 0) is 22.6 Å². The lowest BCUT2D eigenvalue weighted by Crippen LogP contribution is -2.46. The average Bonchev–Trinajstić information content (AvgIpc) is 2.90. The highest BCUT2D eigenvalue weighted by molar-refractivity contribution is 6.30. The fraction of sp³-hybridized carbons (Fsp3) is 0.222. The number of methoxy groups -OCH3 is 1. The number of hydrogen-bond donors (Lipinski definition) is 1. The molecule has 0 atom stereocenters. The predicted octanol–water partition coefficient (Wildman–Crippen LogP) is 4.89. The van der Waals surface area contributed by atoms with E-state index in [1.54, 1.807) is 74.5 Å². The van der Waals surface area contributed by atoms with Gasteiger partial charge in [-0.15, -0.1) is 0 Å². The van der Waals surface area contributed by atoms with Crippen LogP contribution in [0.3, 0.4) is 0 Å². The number of hydrogen-bond acceptors (Lipinski definition) is 8. The predicted molar refractivity (Wildman–Crippen MR) is 148 cm³/mol. The molecule has 0 saturated heterocycles. The minimum atomic E-state index is -1.14. The molecule has 0 spiro atoms. The first-order chi connectivity index (χ1) is 18.6. The highest BCUT2D eigenvalue weighted by Gasteiger charge is 2.31. The molecule has 10 nitrogen and oxygen atoms in total. The van der Waals surface area contributed by atoms with E-state index in [4.69, 9.17) is 32.7 Å². The molecule has 0 fully saturated rings. The summed E-state index contributed by atoms with van der Waals surface area (Å²) in [6, 6.07) is 17.0. The average molecular weight is 570 g/mol. The maximum atomic E-state index is 13.6. The monoisotopic (exact) mass is 569 g/mol. The Bertz CT molecular complexity index is 1600. The van der Waals surface area contributed by atoms with Gasteiger partial charge in [-0.2, -0.15) is 4.98 Å². The maximum Gasteiger partial charge on any atom is 0.354 e. The van der Waals surface area contributed by atoms with Gasteiger partial charge in [-0.3, -0.25) is 9.36 Å². The molecule has 39 heavy (non-hydrogen) atoms. The fourth-order valence-corrected chi connectivity index (χ4v) is 4.02. The van der Waals surface area contributed by atoms with Gasteiger partial charge in [-0.1, -0.05) is 35.3 Å². The molecule has 0 radical (unpaired) electrons. The third kappa shape index (κ3) is 6.84. The standard InChI is InChI=1S/C27H25Cl2N5O5/c1-27(2,23(35)38-3)16-34-25(36)32-24(33(26(34)37)15-17-4-6-18(28)7-5-17)31-19-8-10-20(11-9-19)39-21-12-13-30-22(29)14-21/h4-14H,15-16H2,1-3H3,(H,31,32,36). The molecular formula is C27H25Cl2N5O5. The van der Waals surface area contributed by atoms with Gasteiger partial charge in [-0.25, -0.2) is 19.1 Å². The first kappa shape index (κ1) is 27.9. The fourth-order valence-electron chi connectivity index (χ4n) is 3.73. The maximum absolute atomic E-state index is 13.6. The summed E-state index contributed by atoms with van der Waals surface area (Å²) < 4.78 is 12.9. The van der Waals surface area contributed by atoms with E-state index in [0.717, 1.165) is 10.1 Å². The van der Waals surface area contributed by atoms with Gasteiger partial charge in [0.1, 0.15) is 16.7 Å². The lowest BCUT2D eigenvalue weighted by atomic mass is 9.94. The van der Waals surface area contributed by atoms with Crippen LogP contribution in [0.5, 0.6) is 11.5 Å². The molecule has 0 bridgehead atoms.